The van der Waals surface area contributed by atoms with Crippen LogP contribution in [0.3, 0.4) is 0 Å². The predicted octanol–water partition coefficient (Wildman–Crippen LogP) is 2.64. The number of para-hydroxylation sites is 1. The molecule has 0 atom stereocenters. The lowest BCUT2D eigenvalue weighted by Gasteiger charge is -2.18. The van der Waals surface area contributed by atoms with Gasteiger partial charge in [-0.3, -0.25) is 9.20 Å². The van der Waals surface area contributed by atoms with Gasteiger partial charge in [-0.25, -0.2) is 4.98 Å². The zero-order chi connectivity index (χ0) is 14.8. The molecule has 0 aliphatic heterocycles. The Bertz CT molecular complexity index is 824. The van der Waals surface area contributed by atoms with Gasteiger partial charge in [0, 0.05) is 25.0 Å². The summed E-state index contributed by atoms with van der Waals surface area (Å²) in [5.41, 5.74) is 3.56. The fourth-order valence-corrected chi connectivity index (χ4v) is 2.36. The first kappa shape index (κ1) is 13.4. The second-order valence-electron chi connectivity index (χ2n) is 5.21. The molecular weight excluding hydrogens is 262 g/mol. The first-order chi connectivity index (χ1) is 10.1. The van der Waals surface area contributed by atoms with Gasteiger partial charge in [-0.15, -0.1) is 0 Å². The van der Waals surface area contributed by atoms with Gasteiger partial charge in [0.15, 0.2) is 0 Å². The lowest BCUT2D eigenvalue weighted by atomic mass is 10.2. The smallest absolute Gasteiger partial charge is 0.258 e. The number of benzene rings is 1. The van der Waals surface area contributed by atoms with E-state index in [1.807, 2.05) is 62.6 Å². The number of nitrogens with zero attached hydrogens (tertiary/aromatic N) is 3. The van der Waals surface area contributed by atoms with Crippen molar-refractivity contribution in [2.45, 2.75) is 13.5 Å². The highest BCUT2D eigenvalue weighted by Crippen LogP contribution is 2.13. The first-order valence-electron chi connectivity index (χ1n) is 6.88. The Morgan fingerprint density at radius 2 is 1.90 bits per heavy atom. The molecule has 0 saturated heterocycles. The Morgan fingerprint density at radius 3 is 2.67 bits per heavy atom. The number of aromatic nitrogens is 2. The largest absolute Gasteiger partial charge is 0.369 e. The van der Waals surface area contributed by atoms with E-state index in [-0.39, 0.29) is 5.56 Å². The van der Waals surface area contributed by atoms with Crippen LogP contribution in [0.4, 0.5) is 5.69 Å². The molecule has 0 N–H and O–H groups in total. The number of rotatable bonds is 3. The second-order valence-corrected chi connectivity index (χ2v) is 5.21. The van der Waals surface area contributed by atoms with Crippen molar-refractivity contribution < 1.29 is 0 Å². The van der Waals surface area contributed by atoms with E-state index in [1.165, 1.54) is 0 Å². The van der Waals surface area contributed by atoms with Crippen LogP contribution in [0.5, 0.6) is 0 Å². The zero-order valence-corrected chi connectivity index (χ0v) is 12.2. The summed E-state index contributed by atoms with van der Waals surface area (Å²) < 4.78 is 1.58. The normalized spacial score (nSPS) is 10.8. The minimum absolute atomic E-state index is 0.0415. The van der Waals surface area contributed by atoms with Crippen LogP contribution >= 0.6 is 0 Å². The van der Waals surface area contributed by atoms with Crippen molar-refractivity contribution in [1.29, 1.82) is 0 Å². The standard InChI is InChI=1S/C17H17N3O/c1-13-8-9-16-18-14(10-17(21)20(16)11-13)12-19(2)15-6-4-3-5-7-15/h3-11H,12H2,1-2H3. The maximum Gasteiger partial charge on any atom is 0.258 e. The Morgan fingerprint density at radius 1 is 1.14 bits per heavy atom. The van der Waals surface area contributed by atoms with Gasteiger partial charge in [0.25, 0.3) is 5.56 Å². The number of hydrogen-bond acceptors (Lipinski definition) is 3. The summed E-state index contributed by atoms with van der Waals surface area (Å²) in [6.07, 6.45) is 1.81. The molecule has 2 heterocycles. The first-order valence-corrected chi connectivity index (χ1v) is 6.88. The summed E-state index contributed by atoms with van der Waals surface area (Å²) in [6.45, 7) is 2.56. The average Bonchev–Trinajstić information content (AvgIpc) is 2.49. The Balaban J connectivity index is 1.95. The van der Waals surface area contributed by atoms with E-state index in [1.54, 1.807) is 10.5 Å². The molecule has 1 aromatic carbocycles. The lowest BCUT2D eigenvalue weighted by molar-refractivity contribution is 0.869. The van der Waals surface area contributed by atoms with E-state index < -0.39 is 0 Å². The molecule has 0 fully saturated rings. The minimum Gasteiger partial charge on any atom is -0.369 e. The molecule has 0 radical (unpaired) electrons. The van der Waals surface area contributed by atoms with Gasteiger partial charge < -0.3 is 4.90 Å². The third-order valence-electron chi connectivity index (χ3n) is 3.46. The molecule has 0 saturated carbocycles. The van der Waals surface area contributed by atoms with Gasteiger partial charge in [-0.2, -0.15) is 0 Å². The molecule has 3 aromatic rings. The molecular formula is C17H17N3O. The highest BCUT2D eigenvalue weighted by atomic mass is 16.1. The average molecular weight is 279 g/mol. The van der Waals surface area contributed by atoms with Crippen LogP contribution in [0.2, 0.25) is 0 Å². The topological polar surface area (TPSA) is 37.6 Å². The maximum atomic E-state index is 12.2. The fourth-order valence-electron chi connectivity index (χ4n) is 2.36. The van der Waals surface area contributed by atoms with Gasteiger partial charge in [0.05, 0.1) is 12.2 Å². The summed E-state index contributed by atoms with van der Waals surface area (Å²) in [7, 11) is 1.99. The maximum absolute atomic E-state index is 12.2. The molecule has 0 aliphatic carbocycles. The summed E-state index contributed by atoms with van der Waals surface area (Å²) in [6, 6.07) is 15.5. The van der Waals surface area contributed by atoms with E-state index in [4.69, 9.17) is 0 Å². The van der Waals surface area contributed by atoms with Crippen LogP contribution in [-0.2, 0) is 6.54 Å². The summed E-state index contributed by atoms with van der Waals surface area (Å²) in [5, 5.41) is 0. The van der Waals surface area contributed by atoms with Crippen molar-refractivity contribution in [1.82, 2.24) is 9.38 Å². The number of fused-ring (bicyclic) bond motifs is 1. The van der Waals surface area contributed by atoms with Crippen molar-refractivity contribution >= 4 is 11.3 Å². The minimum atomic E-state index is -0.0415. The molecule has 106 valence electrons. The van der Waals surface area contributed by atoms with Crippen LogP contribution in [0, 0.1) is 6.92 Å². The zero-order valence-electron chi connectivity index (χ0n) is 12.2. The third-order valence-corrected chi connectivity index (χ3v) is 3.46. The van der Waals surface area contributed by atoms with Crippen molar-refractivity contribution in [3.05, 3.63) is 76.3 Å². The van der Waals surface area contributed by atoms with E-state index in [0.29, 0.717) is 12.2 Å². The van der Waals surface area contributed by atoms with E-state index in [9.17, 15) is 4.79 Å². The molecule has 0 spiro atoms. The molecule has 0 bridgehead atoms. The predicted molar refractivity (Wildman–Crippen MR) is 84.7 cm³/mol. The van der Waals surface area contributed by atoms with Crippen molar-refractivity contribution in [2.24, 2.45) is 0 Å². The van der Waals surface area contributed by atoms with Crippen LogP contribution in [0.15, 0.2) is 59.5 Å². The monoisotopic (exact) mass is 279 g/mol. The quantitative estimate of drug-likeness (QED) is 0.739. The Labute approximate surface area is 123 Å². The molecule has 21 heavy (non-hydrogen) atoms. The van der Waals surface area contributed by atoms with Crippen LogP contribution < -0.4 is 10.5 Å². The lowest BCUT2D eigenvalue weighted by Crippen LogP contribution is -2.21. The van der Waals surface area contributed by atoms with Crippen LogP contribution in [0.25, 0.3) is 5.65 Å². The molecule has 2 aromatic heterocycles. The molecule has 0 amide bonds. The van der Waals surface area contributed by atoms with Crippen LogP contribution in [0.1, 0.15) is 11.3 Å². The van der Waals surface area contributed by atoms with Crippen molar-refractivity contribution in [3.63, 3.8) is 0 Å². The van der Waals surface area contributed by atoms with E-state index in [0.717, 1.165) is 16.9 Å². The van der Waals surface area contributed by atoms with Gasteiger partial charge in [-0.05, 0) is 30.7 Å². The molecule has 4 nitrogen and oxygen atoms in total. The SMILES string of the molecule is Cc1ccc2nc(CN(C)c3ccccc3)cc(=O)n2c1. The van der Waals surface area contributed by atoms with Gasteiger partial charge >= 0.3 is 0 Å². The van der Waals surface area contributed by atoms with Crippen molar-refractivity contribution in [3.8, 4) is 0 Å². The Kier molecular flexibility index (Phi) is 3.44. The van der Waals surface area contributed by atoms with Crippen LogP contribution in [-0.4, -0.2) is 16.4 Å². The summed E-state index contributed by atoms with van der Waals surface area (Å²) in [5.74, 6) is 0. The molecule has 3 rings (SSSR count). The van der Waals surface area contributed by atoms with E-state index >= 15 is 0 Å². The summed E-state index contributed by atoms with van der Waals surface area (Å²) in [4.78, 5) is 18.8. The number of pyridine rings is 1. The molecule has 4 heteroatoms. The highest BCUT2D eigenvalue weighted by molar-refractivity contribution is 5.46. The molecule has 0 unspecified atom stereocenters. The van der Waals surface area contributed by atoms with Gasteiger partial charge in [0.2, 0.25) is 0 Å². The molecule has 0 aliphatic rings. The highest BCUT2D eigenvalue weighted by Gasteiger charge is 2.06. The number of hydrogen-bond donors (Lipinski definition) is 0. The summed E-state index contributed by atoms with van der Waals surface area (Å²) >= 11 is 0. The third kappa shape index (κ3) is 2.79. The van der Waals surface area contributed by atoms with Gasteiger partial charge in [0.1, 0.15) is 5.65 Å². The number of aryl methyl sites for hydroxylation is 1. The van der Waals surface area contributed by atoms with E-state index in [2.05, 4.69) is 9.88 Å². The van der Waals surface area contributed by atoms with Crippen molar-refractivity contribution in [2.75, 3.05) is 11.9 Å². The van der Waals surface area contributed by atoms with Gasteiger partial charge in [-0.1, -0.05) is 24.3 Å². The number of anilines is 1. The second kappa shape index (κ2) is 5.40. The Hall–Kier alpha value is -2.62. The fraction of sp³-hybridized carbons (Fsp3) is 0.176.